The maximum Gasteiger partial charge on any atom is 0.274 e. The number of rotatable bonds is 3. The van der Waals surface area contributed by atoms with E-state index >= 15 is 0 Å². The first-order valence-corrected chi connectivity index (χ1v) is 9.92. The van der Waals surface area contributed by atoms with Gasteiger partial charge in [-0.05, 0) is 31.1 Å². The first-order valence-electron chi connectivity index (χ1n) is 8.07. The Balaban J connectivity index is 1.55. The van der Waals surface area contributed by atoms with Crippen molar-refractivity contribution in [3.05, 3.63) is 18.2 Å². The molecule has 0 aromatic carbocycles. The van der Waals surface area contributed by atoms with Gasteiger partial charge in [-0.3, -0.25) is 4.79 Å². The summed E-state index contributed by atoms with van der Waals surface area (Å²) in [5, 5.41) is 0. The molecule has 128 valence electrons. The van der Waals surface area contributed by atoms with Crippen LogP contribution in [0.3, 0.4) is 0 Å². The summed E-state index contributed by atoms with van der Waals surface area (Å²) in [6.07, 6.45) is 7.45. The summed E-state index contributed by atoms with van der Waals surface area (Å²) >= 11 is 0. The third-order valence-electron chi connectivity index (χ3n) is 5.07. The maximum atomic E-state index is 12.4. The van der Waals surface area contributed by atoms with Crippen LogP contribution in [-0.2, 0) is 17.1 Å². The van der Waals surface area contributed by atoms with Gasteiger partial charge in [-0.1, -0.05) is 0 Å². The zero-order chi connectivity index (χ0) is 16.6. The monoisotopic (exact) mass is 340 g/mol. The topological polar surface area (TPSA) is 75.5 Å². The molecule has 0 spiro atoms. The van der Waals surface area contributed by atoms with Gasteiger partial charge in [0.05, 0.1) is 12.6 Å². The molecule has 2 saturated heterocycles. The van der Waals surface area contributed by atoms with Crippen LogP contribution in [0.1, 0.15) is 29.8 Å². The highest BCUT2D eigenvalue weighted by Crippen LogP contribution is 2.32. The van der Waals surface area contributed by atoms with E-state index in [9.17, 15) is 13.2 Å². The van der Waals surface area contributed by atoms with Crippen LogP contribution in [0.4, 0.5) is 0 Å². The van der Waals surface area contributed by atoms with E-state index in [0.29, 0.717) is 30.6 Å². The van der Waals surface area contributed by atoms with Gasteiger partial charge >= 0.3 is 0 Å². The van der Waals surface area contributed by atoms with Crippen LogP contribution < -0.4 is 0 Å². The zero-order valence-electron chi connectivity index (χ0n) is 13.7. The Morgan fingerprint density at radius 2 is 1.83 bits per heavy atom. The van der Waals surface area contributed by atoms with E-state index in [1.165, 1.54) is 6.26 Å². The molecule has 7 nitrogen and oxygen atoms in total. The van der Waals surface area contributed by atoms with Crippen LogP contribution >= 0.6 is 0 Å². The molecule has 3 rings (SSSR count). The summed E-state index contributed by atoms with van der Waals surface area (Å²) in [6, 6.07) is 0. The minimum absolute atomic E-state index is 0.00155. The molecule has 3 heterocycles. The molecule has 8 heteroatoms. The van der Waals surface area contributed by atoms with Crippen molar-refractivity contribution in [3.63, 3.8) is 0 Å². The molecular weight excluding hydrogens is 316 g/mol. The molecular formula is C15H24N4O3S. The number of imidazole rings is 1. The lowest BCUT2D eigenvalue weighted by molar-refractivity contribution is 0.0773. The Labute approximate surface area is 137 Å². The first-order chi connectivity index (χ1) is 10.8. The Hall–Kier alpha value is -1.41. The van der Waals surface area contributed by atoms with Gasteiger partial charge in [0.25, 0.3) is 5.91 Å². The Morgan fingerprint density at radius 3 is 2.39 bits per heavy atom. The number of hydrogen-bond acceptors (Lipinski definition) is 4. The van der Waals surface area contributed by atoms with Gasteiger partial charge in [0, 0.05) is 39.4 Å². The van der Waals surface area contributed by atoms with E-state index in [2.05, 4.69) is 4.98 Å². The highest BCUT2D eigenvalue weighted by molar-refractivity contribution is 7.88. The van der Waals surface area contributed by atoms with Crippen LogP contribution in [0.5, 0.6) is 0 Å². The lowest BCUT2D eigenvalue weighted by Gasteiger charge is -2.33. The van der Waals surface area contributed by atoms with Crippen molar-refractivity contribution in [2.24, 2.45) is 18.9 Å². The highest BCUT2D eigenvalue weighted by Gasteiger charge is 2.35. The second-order valence-electron chi connectivity index (χ2n) is 6.72. The zero-order valence-corrected chi connectivity index (χ0v) is 14.5. The number of carbonyl (C=O) groups is 1. The third kappa shape index (κ3) is 3.58. The number of piperidine rings is 1. The quantitative estimate of drug-likeness (QED) is 0.805. The summed E-state index contributed by atoms with van der Waals surface area (Å²) in [4.78, 5) is 18.5. The van der Waals surface area contributed by atoms with Crippen molar-refractivity contribution in [1.29, 1.82) is 0 Å². The molecule has 2 aliphatic heterocycles. The van der Waals surface area contributed by atoms with Crippen molar-refractivity contribution < 1.29 is 13.2 Å². The molecule has 1 aromatic heterocycles. The maximum absolute atomic E-state index is 12.4. The number of nitrogens with zero attached hydrogens (tertiary/aromatic N) is 4. The molecule has 0 saturated carbocycles. The molecule has 1 aromatic rings. The van der Waals surface area contributed by atoms with Gasteiger partial charge in [-0.2, -0.15) is 0 Å². The standard InChI is InChI=1S/C15H24N4O3S/c1-17-10-14(16-11-17)15(20)18-6-3-13(9-18)12-4-7-19(8-5-12)23(2,21)22/h10-13H,3-9H2,1-2H3. The molecule has 1 unspecified atom stereocenters. The van der Waals surface area contributed by atoms with E-state index in [1.54, 1.807) is 21.4 Å². The highest BCUT2D eigenvalue weighted by atomic mass is 32.2. The van der Waals surface area contributed by atoms with Crippen molar-refractivity contribution in [2.45, 2.75) is 19.3 Å². The predicted octanol–water partition coefficient (Wildman–Crippen LogP) is 0.554. The van der Waals surface area contributed by atoms with E-state index in [4.69, 9.17) is 0 Å². The molecule has 2 fully saturated rings. The van der Waals surface area contributed by atoms with Crippen molar-refractivity contribution in [2.75, 3.05) is 32.4 Å². The molecule has 0 N–H and O–H groups in total. The number of sulfonamides is 1. The smallest absolute Gasteiger partial charge is 0.274 e. The fourth-order valence-corrected chi connectivity index (χ4v) is 4.59. The van der Waals surface area contributed by atoms with Gasteiger partial charge in [-0.25, -0.2) is 17.7 Å². The van der Waals surface area contributed by atoms with E-state index in [-0.39, 0.29) is 5.91 Å². The SMILES string of the molecule is Cn1cnc(C(=O)N2CCC(C3CCN(S(C)(=O)=O)CC3)C2)c1. The molecule has 0 aliphatic carbocycles. The Bertz CT molecular complexity index is 677. The van der Waals surface area contributed by atoms with Gasteiger partial charge in [0.2, 0.25) is 10.0 Å². The van der Waals surface area contributed by atoms with Gasteiger partial charge in [0.15, 0.2) is 0 Å². The third-order valence-corrected chi connectivity index (χ3v) is 6.37. The first kappa shape index (κ1) is 16.4. The van der Waals surface area contributed by atoms with E-state index < -0.39 is 10.0 Å². The second kappa shape index (κ2) is 6.24. The second-order valence-corrected chi connectivity index (χ2v) is 8.71. The summed E-state index contributed by atoms with van der Waals surface area (Å²) in [6.45, 7) is 2.74. The van der Waals surface area contributed by atoms with Gasteiger partial charge < -0.3 is 9.47 Å². The minimum atomic E-state index is -3.07. The van der Waals surface area contributed by atoms with E-state index in [0.717, 1.165) is 32.4 Å². The number of aryl methyl sites for hydroxylation is 1. The molecule has 0 bridgehead atoms. The number of amides is 1. The lowest BCUT2D eigenvalue weighted by Crippen LogP contribution is -2.40. The van der Waals surface area contributed by atoms with Crippen LogP contribution in [0.2, 0.25) is 0 Å². The molecule has 23 heavy (non-hydrogen) atoms. The molecule has 0 radical (unpaired) electrons. The number of hydrogen-bond donors (Lipinski definition) is 0. The Morgan fingerprint density at radius 1 is 1.17 bits per heavy atom. The van der Waals surface area contributed by atoms with Crippen LogP contribution in [0, 0.1) is 11.8 Å². The fourth-order valence-electron chi connectivity index (χ4n) is 3.72. The normalized spacial score (nSPS) is 24.3. The van der Waals surface area contributed by atoms with Gasteiger partial charge in [-0.15, -0.1) is 0 Å². The summed E-state index contributed by atoms with van der Waals surface area (Å²) in [5.74, 6) is 0.987. The number of likely N-dealkylation sites (tertiary alicyclic amines) is 1. The molecule has 1 amide bonds. The molecule has 2 aliphatic rings. The largest absolute Gasteiger partial charge is 0.340 e. The Kier molecular flexibility index (Phi) is 4.46. The average Bonchev–Trinajstić information content (AvgIpc) is 3.15. The lowest BCUT2D eigenvalue weighted by atomic mass is 9.84. The minimum Gasteiger partial charge on any atom is -0.340 e. The van der Waals surface area contributed by atoms with Crippen molar-refractivity contribution >= 4 is 15.9 Å². The number of aromatic nitrogens is 2. The van der Waals surface area contributed by atoms with Gasteiger partial charge in [0.1, 0.15) is 5.69 Å². The van der Waals surface area contributed by atoms with E-state index in [1.807, 2.05) is 11.9 Å². The van der Waals surface area contributed by atoms with Crippen molar-refractivity contribution in [1.82, 2.24) is 18.8 Å². The molecule has 1 atom stereocenters. The summed E-state index contributed by atoms with van der Waals surface area (Å²) in [7, 11) is -1.22. The fraction of sp³-hybridized carbons (Fsp3) is 0.733. The van der Waals surface area contributed by atoms with Crippen LogP contribution in [0.15, 0.2) is 12.5 Å². The summed E-state index contributed by atoms with van der Waals surface area (Å²) in [5.41, 5.74) is 0.500. The van der Waals surface area contributed by atoms with Crippen LogP contribution in [-0.4, -0.2) is 65.5 Å². The average molecular weight is 340 g/mol. The van der Waals surface area contributed by atoms with Crippen LogP contribution in [0.25, 0.3) is 0 Å². The predicted molar refractivity (Wildman–Crippen MR) is 86.4 cm³/mol. The summed E-state index contributed by atoms with van der Waals surface area (Å²) < 4.78 is 26.5. The number of carbonyl (C=O) groups excluding carboxylic acids is 1. The van der Waals surface area contributed by atoms with Crippen molar-refractivity contribution in [3.8, 4) is 0 Å².